The van der Waals surface area contributed by atoms with Gasteiger partial charge < -0.3 is 24.7 Å². The number of pyridine rings is 1. The second-order valence-corrected chi connectivity index (χ2v) is 9.16. The van der Waals surface area contributed by atoms with Gasteiger partial charge in [0.25, 0.3) is 0 Å². The highest BCUT2D eigenvalue weighted by atomic mass is 16.5. The number of rotatable bonds is 12. The van der Waals surface area contributed by atoms with Crippen molar-refractivity contribution < 1.29 is 19.1 Å². The first-order chi connectivity index (χ1) is 16.8. The van der Waals surface area contributed by atoms with Crippen LogP contribution in [0.2, 0.25) is 0 Å². The van der Waals surface area contributed by atoms with E-state index in [0.717, 1.165) is 17.7 Å². The third-order valence-electron chi connectivity index (χ3n) is 5.78. The summed E-state index contributed by atoms with van der Waals surface area (Å²) in [5.74, 6) is -0.175. The maximum absolute atomic E-state index is 13.0. The summed E-state index contributed by atoms with van der Waals surface area (Å²) >= 11 is 0. The van der Waals surface area contributed by atoms with Crippen LogP contribution in [0.4, 0.5) is 11.4 Å². The number of carbonyl (C=O) groups excluding carboxylic acids is 2. The number of ether oxygens (including phenoxy) is 2. The van der Waals surface area contributed by atoms with Crippen LogP contribution in [0.5, 0.6) is 0 Å². The average Bonchev–Trinajstić information content (AvgIpc) is 3.13. The predicted octanol–water partition coefficient (Wildman–Crippen LogP) is 4.89. The number of fused-ring (bicyclic) bond motifs is 1. The number of anilines is 2. The van der Waals surface area contributed by atoms with Crippen LogP contribution in [-0.2, 0) is 27.2 Å². The summed E-state index contributed by atoms with van der Waals surface area (Å²) < 4.78 is 12.1. The molecule has 0 fully saturated rings. The van der Waals surface area contributed by atoms with Gasteiger partial charge in [-0.1, -0.05) is 44.2 Å². The summed E-state index contributed by atoms with van der Waals surface area (Å²) in [5.41, 5.74) is 3.15. The van der Waals surface area contributed by atoms with Gasteiger partial charge in [0, 0.05) is 31.5 Å². The molecule has 0 aliphatic heterocycles. The molecular weight excluding hydrogens is 444 g/mol. The van der Waals surface area contributed by atoms with Crippen LogP contribution < -0.4 is 10.6 Å². The van der Waals surface area contributed by atoms with Crippen molar-refractivity contribution >= 4 is 34.3 Å². The third-order valence-corrected chi connectivity index (χ3v) is 5.78. The van der Waals surface area contributed by atoms with Gasteiger partial charge in [-0.3, -0.25) is 4.79 Å². The molecule has 3 rings (SSSR count). The third kappa shape index (κ3) is 6.82. The lowest BCUT2D eigenvalue weighted by Gasteiger charge is -2.17. The summed E-state index contributed by atoms with van der Waals surface area (Å²) in [5, 5.41) is 7.14. The van der Waals surface area contributed by atoms with Crippen LogP contribution >= 0.6 is 0 Å². The molecule has 2 N–H and O–H groups in total. The maximum atomic E-state index is 13.0. The van der Waals surface area contributed by atoms with Gasteiger partial charge in [0.1, 0.15) is 5.65 Å². The molecule has 188 valence electrons. The van der Waals surface area contributed by atoms with Crippen molar-refractivity contribution in [1.29, 1.82) is 0 Å². The van der Waals surface area contributed by atoms with Gasteiger partial charge in [-0.25, -0.2) is 9.78 Å². The van der Waals surface area contributed by atoms with Gasteiger partial charge in [0.05, 0.1) is 31.3 Å². The van der Waals surface area contributed by atoms with Crippen LogP contribution in [0.3, 0.4) is 0 Å². The summed E-state index contributed by atoms with van der Waals surface area (Å²) in [6.07, 6.45) is 3.64. The first-order valence-corrected chi connectivity index (χ1v) is 12.0. The van der Waals surface area contributed by atoms with Crippen molar-refractivity contribution in [1.82, 2.24) is 9.55 Å². The summed E-state index contributed by atoms with van der Waals surface area (Å²) in [7, 11) is 2.93. The Labute approximate surface area is 207 Å². The van der Waals surface area contributed by atoms with Crippen molar-refractivity contribution in [2.75, 3.05) is 31.5 Å². The molecule has 0 radical (unpaired) electrons. The molecule has 0 saturated heterocycles. The second kappa shape index (κ2) is 12.4. The van der Waals surface area contributed by atoms with Gasteiger partial charge in [0.15, 0.2) is 5.69 Å². The number of aromatic nitrogens is 2. The van der Waals surface area contributed by atoms with Crippen LogP contribution in [0.15, 0.2) is 42.6 Å². The predicted molar refractivity (Wildman–Crippen MR) is 139 cm³/mol. The smallest absolute Gasteiger partial charge is 0.356 e. The molecule has 2 heterocycles. The Morgan fingerprint density at radius 3 is 2.51 bits per heavy atom. The Morgan fingerprint density at radius 1 is 1.11 bits per heavy atom. The number of carbonyl (C=O) groups is 2. The van der Waals surface area contributed by atoms with Gasteiger partial charge >= 0.3 is 5.97 Å². The highest BCUT2D eigenvalue weighted by Crippen LogP contribution is 2.33. The number of aryl methyl sites for hydroxylation is 1. The minimum atomic E-state index is -0.542. The van der Waals surface area contributed by atoms with E-state index in [1.54, 1.807) is 17.9 Å². The standard InChI is InChI=1S/C27H36N4O4/c1-18(2)15-19(3)29-21-16-22-24(30-23(32)12-11-20-9-7-6-8-10-20)25(27(33)35-5)31(13-14-34-4)26(22)28-17-21/h6-10,16-19,29H,11-15H2,1-5H3,(H,30,32). The number of hydrogen-bond acceptors (Lipinski definition) is 6. The minimum absolute atomic E-state index is 0.184. The zero-order valence-corrected chi connectivity index (χ0v) is 21.3. The number of esters is 1. The Hall–Kier alpha value is -3.39. The average molecular weight is 481 g/mol. The topological polar surface area (TPSA) is 94.5 Å². The van der Waals surface area contributed by atoms with Crippen molar-refractivity contribution in [2.45, 2.75) is 52.6 Å². The lowest BCUT2D eigenvalue weighted by molar-refractivity contribution is -0.116. The fraction of sp³-hybridized carbons (Fsp3) is 0.444. The molecule has 0 aliphatic rings. The molecule has 0 saturated carbocycles. The molecule has 0 spiro atoms. The monoisotopic (exact) mass is 480 g/mol. The zero-order valence-electron chi connectivity index (χ0n) is 21.3. The normalized spacial score (nSPS) is 12.1. The molecule has 3 aromatic rings. The van der Waals surface area contributed by atoms with Crippen LogP contribution in [0.25, 0.3) is 11.0 Å². The molecule has 0 bridgehead atoms. The van der Waals surface area contributed by atoms with E-state index < -0.39 is 5.97 Å². The van der Waals surface area contributed by atoms with Gasteiger partial charge in [-0.15, -0.1) is 0 Å². The van der Waals surface area contributed by atoms with E-state index in [2.05, 4.69) is 36.4 Å². The van der Waals surface area contributed by atoms with E-state index in [0.29, 0.717) is 42.2 Å². The Morgan fingerprint density at radius 2 is 1.86 bits per heavy atom. The highest BCUT2D eigenvalue weighted by Gasteiger charge is 2.26. The van der Waals surface area contributed by atoms with Gasteiger partial charge in [0.2, 0.25) is 5.91 Å². The Kier molecular flexibility index (Phi) is 9.25. The van der Waals surface area contributed by atoms with Crippen molar-refractivity contribution in [3.05, 3.63) is 53.9 Å². The van der Waals surface area contributed by atoms with Crippen LogP contribution in [0.1, 0.15) is 49.7 Å². The van der Waals surface area contributed by atoms with Crippen LogP contribution in [-0.4, -0.2) is 48.3 Å². The molecular formula is C27H36N4O4. The number of nitrogens with one attached hydrogen (secondary N) is 2. The van der Waals surface area contributed by atoms with E-state index in [1.807, 2.05) is 36.4 Å². The van der Waals surface area contributed by atoms with E-state index in [-0.39, 0.29) is 24.1 Å². The van der Waals surface area contributed by atoms with E-state index in [1.165, 1.54) is 7.11 Å². The SMILES string of the molecule is COCCn1c(C(=O)OC)c(NC(=O)CCc2ccccc2)c2cc(NC(C)CC(C)C)cnc21. The number of nitrogens with zero attached hydrogens (tertiary/aromatic N) is 2. The first kappa shape index (κ1) is 26.2. The van der Waals surface area contributed by atoms with Crippen molar-refractivity contribution in [3.8, 4) is 0 Å². The van der Waals surface area contributed by atoms with Gasteiger partial charge in [-0.05, 0) is 37.3 Å². The molecule has 35 heavy (non-hydrogen) atoms. The maximum Gasteiger partial charge on any atom is 0.356 e. The molecule has 0 aliphatic carbocycles. The highest BCUT2D eigenvalue weighted by molar-refractivity contribution is 6.11. The second-order valence-electron chi connectivity index (χ2n) is 9.16. The quantitative estimate of drug-likeness (QED) is 0.359. The number of hydrogen-bond donors (Lipinski definition) is 2. The van der Waals surface area contributed by atoms with Crippen molar-refractivity contribution in [2.24, 2.45) is 5.92 Å². The van der Waals surface area contributed by atoms with Crippen molar-refractivity contribution in [3.63, 3.8) is 0 Å². The number of benzene rings is 1. The fourth-order valence-corrected chi connectivity index (χ4v) is 4.29. The molecule has 8 heteroatoms. The van der Waals surface area contributed by atoms with Crippen LogP contribution in [0, 0.1) is 5.92 Å². The zero-order chi connectivity index (χ0) is 25.4. The molecule has 1 amide bonds. The molecule has 2 aromatic heterocycles. The van der Waals surface area contributed by atoms with E-state index in [4.69, 9.17) is 9.47 Å². The lowest BCUT2D eigenvalue weighted by Crippen LogP contribution is -2.18. The summed E-state index contributed by atoms with van der Waals surface area (Å²) in [4.78, 5) is 30.5. The molecule has 1 atom stereocenters. The Balaban J connectivity index is 1.99. The first-order valence-electron chi connectivity index (χ1n) is 12.0. The lowest BCUT2D eigenvalue weighted by atomic mass is 10.1. The number of methoxy groups -OCH3 is 2. The summed E-state index contributed by atoms with van der Waals surface area (Å²) in [6, 6.07) is 12.0. The molecule has 1 unspecified atom stereocenters. The minimum Gasteiger partial charge on any atom is -0.464 e. The molecule has 8 nitrogen and oxygen atoms in total. The van der Waals surface area contributed by atoms with Gasteiger partial charge in [-0.2, -0.15) is 0 Å². The largest absolute Gasteiger partial charge is 0.464 e. The fourth-order valence-electron chi connectivity index (χ4n) is 4.29. The summed E-state index contributed by atoms with van der Waals surface area (Å²) in [6.45, 7) is 7.26. The van der Waals surface area contributed by atoms with E-state index in [9.17, 15) is 9.59 Å². The number of amides is 1. The van der Waals surface area contributed by atoms with E-state index >= 15 is 0 Å². The molecule has 1 aromatic carbocycles. The Bertz CT molecular complexity index is 1140.